The van der Waals surface area contributed by atoms with Crippen molar-refractivity contribution in [1.29, 1.82) is 5.26 Å². The Labute approximate surface area is 121 Å². The van der Waals surface area contributed by atoms with Crippen molar-refractivity contribution in [3.05, 3.63) is 47.5 Å². The summed E-state index contributed by atoms with van der Waals surface area (Å²) in [6.45, 7) is 0. The lowest BCUT2D eigenvalue weighted by atomic mass is 10.1. The number of nitrogen functional groups attached to an aromatic ring is 1. The smallest absolute Gasteiger partial charge is 0.250 e. The zero-order chi connectivity index (χ0) is 15.4. The Kier molecular flexibility index (Phi) is 3.95. The number of methoxy groups -OCH3 is 1. The van der Waals surface area contributed by atoms with Gasteiger partial charge in [0, 0.05) is 11.8 Å². The van der Waals surface area contributed by atoms with Crippen molar-refractivity contribution in [2.24, 2.45) is 5.73 Å². The molecule has 6 heteroatoms. The highest BCUT2D eigenvalue weighted by Crippen LogP contribution is 2.33. The molecule has 2 aromatic carbocycles. The summed E-state index contributed by atoms with van der Waals surface area (Å²) in [4.78, 5) is 11.3. The van der Waals surface area contributed by atoms with E-state index in [4.69, 9.17) is 26.2 Å². The summed E-state index contributed by atoms with van der Waals surface area (Å²) in [6, 6.07) is 11.4. The molecule has 0 radical (unpaired) electrons. The minimum absolute atomic E-state index is 0.181. The number of anilines is 1. The van der Waals surface area contributed by atoms with Gasteiger partial charge in [-0.15, -0.1) is 0 Å². The molecule has 21 heavy (non-hydrogen) atoms. The lowest BCUT2D eigenvalue weighted by Gasteiger charge is -2.11. The summed E-state index contributed by atoms with van der Waals surface area (Å²) in [7, 11) is 1.47. The number of hydrogen-bond acceptors (Lipinski definition) is 5. The van der Waals surface area contributed by atoms with Crippen LogP contribution in [0.1, 0.15) is 15.9 Å². The predicted octanol–water partition coefficient (Wildman–Crippen LogP) is 2.04. The molecule has 0 unspecified atom stereocenters. The second-order valence-electron chi connectivity index (χ2n) is 4.19. The van der Waals surface area contributed by atoms with Crippen LogP contribution in [0, 0.1) is 11.3 Å². The molecule has 1 amide bonds. The van der Waals surface area contributed by atoms with Gasteiger partial charge in [-0.25, -0.2) is 0 Å². The number of hydrogen-bond donors (Lipinski definition) is 2. The normalized spacial score (nSPS) is 9.71. The quantitative estimate of drug-likeness (QED) is 0.834. The Morgan fingerprint density at radius 3 is 2.57 bits per heavy atom. The maximum atomic E-state index is 11.3. The number of amides is 1. The van der Waals surface area contributed by atoms with Gasteiger partial charge < -0.3 is 20.9 Å². The first-order chi connectivity index (χ1) is 10.0. The number of nitrogens with zero attached hydrogens (tertiary/aromatic N) is 1. The van der Waals surface area contributed by atoms with Crippen LogP contribution in [0.4, 0.5) is 5.69 Å². The fourth-order valence-corrected chi connectivity index (χ4v) is 1.76. The Hall–Kier alpha value is -3.20. The van der Waals surface area contributed by atoms with Crippen molar-refractivity contribution < 1.29 is 14.3 Å². The maximum Gasteiger partial charge on any atom is 0.250 e. The summed E-state index contributed by atoms with van der Waals surface area (Å²) in [5.74, 6) is 0.578. The molecule has 0 aromatic heterocycles. The minimum Gasteiger partial charge on any atom is -0.493 e. The van der Waals surface area contributed by atoms with Gasteiger partial charge in [-0.3, -0.25) is 4.79 Å². The lowest BCUT2D eigenvalue weighted by Crippen LogP contribution is -2.13. The average Bonchev–Trinajstić information content (AvgIpc) is 2.49. The van der Waals surface area contributed by atoms with E-state index in [-0.39, 0.29) is 11.3 Å². The molecule has 0 aliphatic rings. The summed E-state index contributed by atoms with van der Waals surface area (Å²) < 4.78 is 10.8. The summed E-state index contributed by atoms with van der Waals surface area (Å²) in [5, 5.41) is 8.85. The van der Waals surface area contributed by atoms with Gasteiger partial charge in [0.15, 0.2) is 11.5 Å². The zero-order valence-electron chi connectivity index (χ0n) is 11.3. The first-order valence-electron chi connectivity index (χ1n) is 6.00. The fraction of sp³-hybridized carbons (Fsp3) is 0.0667. The van der Waals surface area contributed by atoms with E-state index >= 15 is 0 Å². The standard InChI is InChI=1S/C15H13N3O3/c1-20-14-6-9(8-16)2-5-13(14)21-10-3-4-12(17)11(7-10)15(18)19/h2-7H,17H2,1H3,(H2,18,19). The van der Waals surface area contributed by atoms with Gasteiger partial charge in [-0.05, 0) is 30.3 Å². The van der Waals surface area contributed by atoms with Crippen molar-refractivity contribution in [3.8, 4) is 23.3 Å². The van der Waals surface area contributed by atoms with Gasteiger partial charge in [0.25, 0.3) is 5.91 Å². The Morgan fingerprint density at radius 1 is 1.19 bits per heavy atom. The lowest BCUT2D eigenvalue weighted by molar-refractivity contribution is 0.100. The van der Waals surface area contributed by atoms with Gasteiger partial charge >= 0.3 is 0 Å². The third kappa shape index (κ3) is 3.04. The molecule has 0 spiro atoms. The first kappa shape index (κ1) is 14.2. The molecule has 0 saturated heterocycles. The van der Waals surface area contributed by atoms with Crippen LogP contribution in [0.2, 0.25) is 0 Å². The Balaban J connectivity index is 2.37. The molecule has 0 fully saturated rings. The third-order valence-electron chi connectivity index (χ3n) is 2.81. The number of rotatable bonds is 4. The van der Waals surface area contributed by atoms with Gasteiger partial charge in [0.2, 0.25) is 0 Å². The van der Waals surface area contributed by atoms with Crippen molar-refractivity contribution in [3.63, 3.8) is 0 Å². The van der Waals surface area contributed by atoms with Crippen molar-refractivity contribution >= 4 is 11.6 Å². The summed E-state index contributed by atoms with van der Waals surface area (Å²) >= 11 is 0. The van der Waals surface area contributed by atoms with Crippen LogP contribution in [0.3, 0.4) is 0 Å². The van der Waals surface area contributed by atoms with Crippen LogP contribution in [-0.4, -0.2) is 13.0 Å². The van der Waals surface area contributed by atoms with E-state index in [1.54, 1.807) is 24.3 Å². The van der Waals surface area contributed by atoms with Gasteiger partial charge in [-0.2, -0.15) is 5.26 Å². The molecule has 2 aromatic rings. The van der Waals surface area contributed by atoms with Crippen LogP contribution < -0.4 is 20.9 Å². The molecule has 0 bridgehead atoms. The van der Waals surface area contributed by atoms with E-state index in [0.29, 0.717) is 22.8 Å². The largest absolute Gasteiger partial charge is 0.493 e. The van der Waals surface area contributed by atoms with Crippen LogP contribution in [0.15, 0.2) is 36.4 Å². The Bertz CT molecular complexity index is 735. The number of nitriles is 1. The molecule has 0 heterocycles. The van der Waals surface area contributed by atoms with E-state index in [9.17, 15) is 4.79 Å². The van der Waals surface area contributed by atoms with Crippen molar-refractivity contribution in [2.45, 2.75) is 0 Å². The van der Waals surface area contributed by atoms with E-state index < -0.39 is 5.91 Å². The van der Waals surface area contributed by atoms with Crippen LogP contribution in [-0.2, 0) is 0 Å². The molecule has 2 rings (SSSR count). The van der Waals surface area contributed by atoms with Crippen molar-refractivity contribution in [2.75, 3.05) is 12.8 Å². The molecular formula is C15H13N3O3. The van der Waals surface area contributed by atoms with Crippen molar-refractivity contribution in [1.82, 2.24) is 0 Å². The fourth-order valence-electron chi connectivity index (χ4n) is 1.76. The van der Waals surface area contributed by atoms with E-state index in [0.717, 1.165) is 0 Å². The second-order valence-corrected chi connectivity index (χ2v) is 4.19. The van der Waals surface area contributed by atoms with Crippen LogP contribution in [0.5, 0.6) is 17.2 Å². The summed E-state index contributed by atoms with van der Waals surface area (Å²) in [6.07, 6.45) is 0. The number of carbonyl (C=O) groups excluding carboxylic acids is 1. The van der Waals surface area contributed by atoms with Gasteiger partial charge in [-0.1, -0.05) is 0 Å². The van der Waals surface area contributed by atoms with E-state index in [1.807, 2.05) is 6.07 Å². The number of primary amides is 1. The number of carbonyl (C=O) groups is 1. The van der Waals surface area contributed by atoms with E-state index in [2.05, 4.69) is 0 Å². The third-order valence-corrected chi connectivity index (χ3v) is 2.81. The summed E-state index contributed by atoms with van der Waals surface area (Å²) in [5.41, 5.74) is 11.8. The molecular weight excluding hydrogens is 270 g/mol. The van der Waals surface area contributed by atoms with Crippen LogP contribution >= 0.6 is 0 Å². The van der Waals surface area contributed by atoms with Crippen LogP contribution in [0.25, 0.3) is 0 Å². The average molecular weight is 283 g/mol. The maximum absolute atomic E-state index is 11.3. The second kappa shape index (κ2) is 5.84. The molecule has 6 nitrogen and oxygen atoms in total. The minimum atomic E-state index is -0.634. The highest BCUT2D eigenvalue weighted by atomic mass is 16.5. The number of benzene rings is 2. The van der Waals surface area contributed by atoms with Gasteiger partial charge in [0.1, 0.15) is 5.75 Å². The zero-order valence-corrected chi connectivity index (χ0v) is 11.3. The molecule has 106 valence electrons. The monoisotopic (exact) mass is 283 g/mol. The SMILES string of the molecule is COc1cc(C#N)ccc1Oc1ccc(N)c(C(N)=O)c1. The molecule has 4 N–H and O–H groups in total. The molecule has 0 aliphatic carbocycles. The number of nitrogens with two attached hydrogens (primary N) is 2. The highest BCUT2D eigenvalue weighted by Gasteiger charge is 2.11. The molecule has 0 saturated carbocycles. The topological polar surface area (TPSA) is 111 Å². The Morgan fingerprint density at radius 2 is 1.95 bits per heavy atom. The van der Waals surface area contributed by atoms with E-state index in [1.165, 1.54) is 19.2 Å². The first-order valence-corrected chi connectivity index (χ1v) is 6.00. The number of ether oxygens (including phenoxy) is 2. The highest BCUT2D eigenvalue weighted by molar-refractivity contribution is 5.98. The predicted molar refractivity (Wildman–Crippen MR) is 77.2 cm³/mol. The molecule has 0 aliphatic heterocycles. The van der Waals surface area contributed by atoms with Gasteiger partial charge in [0.05, 0.1) is 24.3 Å². The molecule has 0 atom stereocenters.